The molecule has 26 heavy (non-hydrogen) atoms. The molecule has 0 aliphatic carbocycles. The van der Waals surface area contributed by atoms with Crippen molar-refractivity contribution in [2.75, 3.05) is 5.32 Å². The molecular weight excluding hydrogens is 330 g/mol. The Labute approximate surface area is 153 Å². The Balaban J connectivity index is 2.24. The maximum Gasteiger partial charge on any atom is 0.293 e. The molecule has 2 N–H and O–H groups in total. The van der Waals surface area contributed by atoms with E-state index < -0.39 is 4.92 Å². The lowest BCUT2D eigenvalue weighted by Crippen LogP contribution is -2.30. The van der Waals surface area contributed by atoms with Crippen LogP contribution in [-0.2, 0) is 6.42 Å². The first kappa shape index (κ1) is 19.4. The molecule has 0 bridgehead atoms. The van der Waals surface area contributed by atoms with E-state index in [-0.39, 0.29) is 29.2 Å². The molecule has 1 unspecified atom stereocenters. The van der Waals surface area contributed by atoms with Gasteiger partial charge in [-0.3, -0.25) is 14.9 Å². The third-order valence-electron chi connectivity index (χ3n) is 4.14. The van der Waals surface area contributed by atoms with Crippen molar-refractivity contribution in [3.05, 3.63) is 69.3 Å². The van der Waals surface area contributed by atoms with Crippen molar-refractivity contribution in [1.82, 2.24) is 5.32 Å². The van der Waals surface area contributed by atoms with Crippen molar-refractivity contribution in [3.63, 3.8) is 0 Å². The fraction of sp³-hybridized carbons (Fsp3) is 0.350. The summed E-state index contributed by atoms with van der Waals surface area (Å²) < 4.78 is 0. The number of rotatable bonds is 7. The number of anilines is 1. The number of carbonyl (C=O) groups is 1. The Morgan fingerprint density at radius 2 is 1.77 bits per heavy atom. The highest BCUT2D eigenvalue weighted by molar-refractivity contribution is 5.95. The summed E-state index contributed by atoms with van der Waals surface area (Å²) >= 11 is 0. The van der Waals surface area contributed by atoms with Gasteiger partial charge < -0.3 is 10.6 Å². The maximum absolute atomic E-state index is 12.1. The molecule has 0 heterocycles. The second-order valence-electron chi connectivity index (χ2n) is 6.58. The smallest absolute Gasteiger partial charge is 0.293 e. The molecule has 0 saturated heterocycles. The zero-order chi connectivity index (χ0) is 19.3. The van der Waals surface area contributed by atoms with Crippen LogP contribution in [0.5, 0.6) is 0 Å². The number of nitro groups is 1. The Kier molecular flexibility index (Phi) is 6.33. The molecule has 2 aromatic carbocycles. The van der Waals surface area contributed by atoms with E-state index in [1.807, 2.05) is 32.9 Å². The van der Waals surface area contributed by atoms with E-state index in [9.17, 15) is 14.9 Å². The summed E-state index contributed by atoms with van der Waals surface area (Å²) in [6.07, 6.45) is 0.966. The maximum atomic E-state index is 12.1. The highest BCUT2D eigenvalue weighted by Crippen LogP contribution is 2.29. The summed E-state index contributed by atoms with van der Waals surface area (Å²) in [5, 5.41) is 17.4. The van der Waals surface area contributed by atoms with Gasteiger partial charge in [0.2, 0.25) is 0 Å². The van der Waals surface area contributed by atoms with Crippen molar-refractivity contribution < 1.29 is 9.72 Å². The number of aryl methyl sites for hydroxylation is 1. The molecule has 0 fully saturated rings. The predicted octanol–water partition coefficient (Wildman–Crippen LogP) is 4.47. The minimum absolute atomic E-state index is 0.0366. The topological polar surface area (TPSA) is 84.3 Å². The number of carbonyl (C=O) groups excluding carboxylic acids is 1. The van der Waals surface area contributed by atoms with Gasteiger partial charge in [-0.05, 0) is 50.5 Å². The van der Waals surface area contributed by atoms with Crippen LogP contribution in [0.3, 0.4) is 0 Å². The van der Waals surface area contributed by atoms with Crippen LogP contribution < -0.4 is 10.6 Å². The number of nitro benzene ring substituents is 1. The molecule has 6 heteroatoms. The standard InChI is InChI=1S/C20H25N3O3/c1-5-15-6-8-16(9-7-15)14(4)22-18-11-10-17(12-19(18)23(25)26)20(24)21-13(2)3/h6-14,22H,5H2,1-4H3,(H,21,24). The summed E-state index contributed by atoms with van der Waals surface area (Å²) in [7, 11) is 0. The number of hydrogen-bond donors (Lipinski definition) is 2. The van der Waals surface area contributed by atoms with E-state index in [2.05, 4.69) is 29.7 Å². The second-order valence-corrected chi connectivity index (χ2v) is 6.58. The lowest BCUT2D eigenvalue weighted by atomic mass is 10.0. The van der Waals surface area contributed by atoms with Crippen molar-refractivity contribution in [2.24, 2.45) is 0 Å². The van der Waals surface area contributed by atoms with Crippen LogP contribution >= 0.6 is 0 Å². The summed E-state index contributed by atoms with van der Waals surface area (Å²) in [6, 6.07) is 12.5. The van der Waals surface area contributed by atoms with Gasteiger partial charge in [-0.25, -0.2) is 0 Å². The number of benzene rings is 2. The molecule has 0 aliphatic heterocycles. The van der Waals surface area contributed by atoms with Crippen LogP contribution in [0.25, 0.3) is 0 Å². The van der Waals surface area contributed by atoms with Crippen LogP contribution in [0.1, 0.15) is 55.2 Å². The van der Waals surface area contributed by atoms with Gasteiger partial charge in [0, 0.05) is 23.7 Å². The summed E-state index contributed by atoms with van der Waals surface area (Å²) in [5.41, 5.74) is 2.84. The first-order valence-corrected chi connectivity index (χ1v) is 8.76. The SMILES string of the molecule is CCc1ccc(C(C)Nc2ccc(C(=O)NC(C)C)cc2[N+](=O)[O-])cc1. The van der Waals surface area contributed by atoms with Crippen molar-refractivity contribution in [2.45, 2.75) is 46.2 Å². The molecule has 2 aromatic rings. The minimum Gasteiger partial charge on any atom is -0.373 e. The number of nitrogens with one attached hydrogen (secondary N) is 2. The van der Waals surface area contributed by atoms with Crippen molar-refractivity contribution in [3.8, 4) is 0 Å². The predicted molar refractivity (Wildman–Crippen MR) is 104 cm³/mol. The van der Waals surface area contributed by atoms with Gasteiger partial charge in [-0.1, -0.05) is 31.2 Å². The van der Waals surface area contributed by atoms with Gasteiger partial charge in [0.1, 0.15) is 5.69 Å². The highest BCUT2D eigenvalue weighted by Gasteiger charge is 2.19. The lowest BCUT2D eigenvalue weighted by molar-refractivity contribution is -0.384. The molecular formula is C20H25N3O3. The Bertz CT molecular complexity index is 785. The third kappa shape index (κ3) is 4.81. The van der Waals surface area contributed by atoms with E-state index in [0.717, 1.165) is 12.0 Å². The Morgan fingerprint density at radius 1 is 1.12 bits per heavy atom. The normalized spacial score (nSPS) is 11.9. The monoisotopic (exact) mass is 355 g/mol. The molecule has 0 spiro atoms. The largest absolute Gasteiger partial charge is 0.373 e. The summed E-state index contributed by atoms with van der Waals surface area (Å²) in [4.78, 5) is 23.1. The van der Waals surface area contributed by atoms with Gasteiger partial charge in [0.05, 0.1) is 4.92 Å². The number of nitrogens with zero attached hydrogens (tertiary/aromatic N) is 1. The van der Waals surface area contributed by atoms with Crippen LogP contribution in [-0.4, -0.2) is 16.9 Å². The number of amides is 1. The van der Waals surface area contributed by atoms with E-state index in [1.165, 1.54) is 11.6 Å². The van der Waals surface area contributed by atoms with E-state index in [1.54, 1.807) is 12.1 Å². The molecule has 138 valence electrons. The summed E-state index contributed by atoms with van der Waals surface area (Å²) in [6.45, 7) is 7.72. The Morgan fingerprint density at radius 3 is 2.31 bits per heavy atom. The first-order valence-electron chi connectivity index (χ1n) is 8.76. The number of hydrogen-bond acceptors (Lipinski definition) is 4. The fourth-order valence-corrected chi connectivity index (χ4v) is 2.65. The van der Waals surface area contributed by atoms with E-state index in [0.29, 0.717) is 5.69 Å². The van der Waals surface area contributed by atoms with Crippen molar-refractivity contribution >= 4 is 17.3 Å². The first-order chi connectivity index (χ1) is 12.3. The third-order valence-corrected chi connectivity index (χ3v) is 4.14. The average molecular weight is 355 g/mol. The molecule has 0 radical (unpaired) electrons. The zero-order valence-electron chi connectivity index (χ0n) is 15.6. The van der Waals surface area contributed by atoms with Crippen LogP contribution in [0.2, 0.25) is 0 Å². The fourth-order valence-electron chi connectivity index (χ4n) is 2.65. The van der Waals surface area contributed by atoms with Gasteiger partial charge in [0.15, 0.2) is 0 Å². The van der Waals surface area contributed by atoms with Gasteiger partial charge >= 0.3 is 0 Å². The molecule has 0 aliphatic rings. The van der Waals surface area contributed by atoms with Gasteiger partial charge in [-0.2, -0.15) is 0 Å². The summed E-state index contributed by atoms with van der Waals surface area (Å²) in [5.74, 6) is -0.321. The zero-order valence-corrected chi connectivity index (χ0v) is 15.6. The van der Waals surface area contributed by atoms with Crippen molar-refractivity contribution in [1.29, 1.82) is 0 Å². The van der Waals surface area contributed by atoms with Crippen LogP contribution in [0.15, 0.2) is 42.5 Å². The second kappa shape index (κ2) is 8.47. The van der Waals surface area contributed by atoms with Crippen LogP contribution in [0.4, 0.5) is 11.4 Å². The Hall–Kier alpha value is -2.89. The van der Waals surface area contributed by atoms with Gasteiger partial charge in [0.25, 0.3) is 11.6 Å². The van der Waals surface area contributed by atoms with E-state index >= 15 is 0 Å². The highest BCUT2D eigenvalue weighted by atomic mass is 16.6. The lowest BCUT2D eigenvalue weighted by Gasteiger charge is -2.17. The van der Waals surface area contributed by atoms with Crippen LogP contribution in [0, 0.1) is 10.1 Å². The quantitative estimate of drug-likeness (QED) is 0.567. The molecule has 1 atom stereocenters. The minimum atomic E-state index is -0.471. The average Bonchev–Trinajstić information content (AvgIpc) is 2.61. The molecule has 2 rings (SSSR count). The molecule has 0 saturated carbocycles. The molecule has 1 amide bonds. The van der Waals surface area contributed by atoms with Gasteiger partial charge in [-0.15, -0.1) is 0 Å². The molecule has 0 aromatic heterocycles. The molecule has 6 nitrogen and oxygen atoms in total. The van der Waals surface area contributed by atoms with E-state index in [4.69, 9.17) is 0 Å².